The average Bonchev–Trinajstić information content (AvgIpc) is 2.81. The molecule has 0 fully saturated rings. The van der Waals surface area contributed by atoms with Crippen molar-refractivity contribution >= 4 is 33.0 Å². The van der Waals surface area contributed by atoms with E-state index in [1.807, 2.05) is 0 Å². The second kappa shape index (κ2) is 5.97. The Kier molecular flexibility index (Phi) is 4.49. The highest BCUT2D eigenvalue weighted by Crippen LogP contribution is 2.36. The third-order valence-electron chi connectivity index (χ3n) is 2.42. The first kappa shape index (κ1) is 15.1. The van der Waals surface area contributed by atoms with Crippen molar-refractivity contribution in [3.8, 4) is 5.75 Å². The van der Waals surface area contributed by atoms with Crippen LogP contribution in [0.3, 0.4) is 0 Å². The summed E-state index contributed by atoms with van der Waals surface area (Å²) in [6.45, 7) is -0.438. The number of hydrogen-bond donors (Lipinski definition) is 0. The van der Waals surface area contributed by atoms with E-state index in [9.17, 15) is 18.0 Å². The van der Waals surface area contributed by atoms with Crippen molar-refractivity contribution in [3.63, 3.8) is 0 Å². The van der Waals surface area contributed by atoms with Crippen LogP contribution in [0.25, 0.3) is 0 Å². The summed E-state index contributed by atoms with van der Waals surface area (Å²) in [5.74, 6) is -0.718. The quantitative estimate of drug-likeness (QED) is 0.729. The number of ketones is 1. The van der Waals surface area contributed by atoms with Gasteiger partial charge in [0, 0.05) is 4.47 Å². The number of thiophene rings is 1. The summed E-state index contributed by atoms with van der Waals surface area (Å²) in [7, 11) is 0. The Morgan fingerprint density at radius 1 is 1.25 bits per heavy atom. The summed E-state index contributed by atoms with van der Waals surface area (Å²) in [4.78, 5) is 12.3. The van der Waals surface area contributed by atoms with Gasteiger partial charge in [0.15, 0.2) is 6.61 Å². The Labute approximate surface area is 125 Å². The molecule has 0 aliphatic rings. The predicted octanol–water partition coefficient (Wildman–Crippen LogP) is 4.79. The van der Waals surface area contributed by atoms with Crippen molar-refractivity contribution in [1.29, 1.82) is 0 Å². The van der Waals surface area contributed by atoms with Gasteiger partial charge in [0.1, 0.15) is 5.75 Å². The van der Waals surface area contributed by atoms with E-state index in [0.29, 0.717) is 9.35 Å². The maximum Gasteiger partial charge on any atom is 0.419 e. The largest absolute Gasteiger partial charge is 0.485 e. The van der Waals surface area contributed by atoms with Gasteiger partial charge < -0.3 is 4.74 Å². The molecule has 2 rings (SSSR count). The topological polar surface area (TPSA) is 26.3 Å². The van der Waals surface area contributed by atoms with E-state index in [-0.39, 0.29) is 11.5 Å². The molecule has 106 valence electrons. The van der Waals surface area contributed by atoms with Crippen LogP contribution >= 0.6 is 27.3 Å². The smallest absolute Gasteiger partial charge is 0.419 e. The summed E-state index contributed by atoms with van der Waals surface area (Å²) >= 11 is 4.40. The number of para-hydroxylation sites is 1. The van der Waals surface area contributed by atoms with Crippen LogP contribution < -0.4 is 4.74 Å². The summed E-state index contributed by atoms with van der Waals surface area (Å²) in [5, 5.41) is 1.71. The standard InChI is InChI=1S/C13H8BrF3O2S/c14-9-5-6-20-12(9)10(18)7-19-11-4-2-1-3-8(11)13(15,16)17/h1-6H,7H2. The molecule has 0 unspecified atom stereocenters. The number of carbonyl (C=O) groups is 1. The lowest BCUT2D eigenvalue weighted by molar-refractivity contribution is -0.138. The zero-order valence-corrected chi connectivity index (χ0v) is 12.3. The normalized spacial score (nSPS) is 11.4. The van der Waals surface area contributed by atoms with Crippen LogP contribution in [0, 0.1) is 0 Å². The number of halogens is 4. The van der Waals surface area contributed by atoms with E-state index in [2.05, 4.69) is 15.9 Å². The molecule has 0 bridgehead atoms. The molecule has 0 aliphatic carbocycles. The number of ether oxygens (including phenoxy) is 1. The highest BCUT2D eigenvalue weighted by molar-refractivity contribution is 9.10. The van der Waals surface area contributed by atoms with Gasteiger partial charge in [-0.05, 0) is 39.5 Å². The molecule has 0 radical (unpaired) electrons. The monoisotopic (exact) mass is 364 g/mol. The zero-order chi connectivity index (χ0) is 14.8. The Morgan fingerprint density at radius 2 is 1.95 bits per heavy atom. The van der Waals surface area contributed by atoms with Crippen LogP contribution in [0.1, 0.15) is 15.2 Å². The van der Waals surface area contributed by atoms with Crippen molar-refractivity contribution in [3.05, 3.63) is 50.6 Å². The lowest BCUT2D eigenvalue weighted by atomic mass is 10.2. The fourth-order valence-electron chi connectivity index (χ4n) is 1.53. The van der Waals surface area contributed by atoms with E-state index in [4.69, 9.17) is 4.74 Å². The Bertz CT molecular complexity index is 622. The number of alkyl halides is 3. The van der Waals surface area contributed by atoms with Gasteiger partial charge in [0.05, 0.1) is 10.4 Å². The number of rotatable bonds is 4. The van der Waals surface area contributed by atoms with Crippen LogP contribution in [0.5, 0.6) is 5.75 Å². The molecule has 0 saturated carbocycles. The van der Waals surface area contributed by atoms with Gasteiger partial charge >= 0.3 is 6.18 Å². The molecule has 1 aromatic carbocycles. The van der Waals surface area contributed by atoms with Gasteiger partial charge in [-0.25, -0.2) is 0 Å². The molecule has 0 aliphatic heterocycles. The molecule has 0 amide bonds. The van der Waals surface area contributed by atoms with Crippen LogP contribution in [-0.2, 0) is 6.18 Å². The second-order valence-corrected chi connectivity index (χ2v) is 5.57. The highest BCUT2D eigenvalue weighted by Gasteiger charge is 2.34. The van der Waals surface area contributed by atoms with Crippen molar-refractivity contribution in [2.45, 2.75) is 6.18 Å². The Morgan fingerprint density at radius 3 is 2.55 bits per heavy atom. The number of benzene rings is 1. The minimum atomic E-state index is -4.51. The van der Waals surface area contributed by atoms with E-state index in [1.54, 1.807) is 11.4 Å². The first-order valence-electron chi connectivity index (χ1n) is 5.45. The molecule has 20 heavy (non-hydrogen) atoms. The molecule has 1 aromatic heterocycles. The fraction of sp³-hybridized carbons (Fsp3) is 0.154. The molecule has 2 aromatic rings. The zero-order valence-electron chi connectivity index (χ0n) is 9.91. The van der Waals surface area contributed by atoms with E-state index in [1.165, 1.54) is 29.5 Å². The summed E-state index contributed by atoms with van der Waals surface area (Å²) in [6.07, 6.45) is -4.51. The van der Waals surface area contributed by atoms with Gasteiger partial charge in [-0.15, -0.1) is 11.3 Å². The van der Waals surface area contributed by atoms with Crippen molar-refractivity contribution in [1.82, 2.24) is 0 Å². The molecular formula is C13H8BrF3O2S. The third-order valence-corrected chi connectivity index (χ3v) is 4.30. The van der Waals surface area contributed by atoms with Crippen molar-refractivity contribution < 1.29 is 22.7 Å². The lowest BCUT2D eigenvalue weighted by Gasteiger charge is -2.13. The fourth-order valence-corrected chi connectivity index (χ4v) is 3.05. The SMILES string of the molecule is O=C(COc1ccccc1C(F)(F)F)c1sccc1Br. The Hall–Kier alpha value is -1.34. The van der Waals surface area contributed by atoms with E-state index < -0.39 is 18.3 Å². The highest BCUT2D eigenvalue weighted by atomic mass is 79.9. The molecule has 0 saturated heterocycles. The molecule has 1 heterocycles. The second-order valence-electron chi connectivity index (χ2n) is 3.80. The predicted molar refractivity (Wildman–Crippen MR) is 73.3 cm³/mol. The minimum absolute atomic E-state index is 0.346. The molecule has 2 nitrogen and oxygen atoms in total. The number of hydrogen-bond acceptors (Lipinski definition) is 3. The number of carbonyl (C=O) groups excluding carboxylic acids is 1. The maximum atomic E-state index is 12.7. The average molecular weight is 365 g/mol. The summed E-state index contributed by atoms with van der Waals surface area (Å²) < 4.78 is 43.9. The van der Waals surface area contributed by atoms with Gasteiger partial charge in [-0.1, -0.05) is 12.1 Å². The van der Waals surface area contributed by atoms with Crippen LogP contribution in [-0.4, -0.2) is 12.4 Å². The van der Waals surface area contributed by atoms with Gasteiger partial charge in [-0.3, -0.25) is 4.79 Å². The molecular weight excluding hydrogens is 357 g/mol. The van der Waals surface area contributed by atoms with Gasteiger partial charge in [-0.2, -0.15) is 13.2 Å². The lowest BCUT2D eigenvalue weighted by Crippen LogP contribution is -2.14. The first-order chi connectivity index (χ1) is 9.39. The minimum Gasteiger partial charge on any atom is -0.485 e. The summed E-state index contributed by atoms with van der Waals surface area (Å²) in [6, 6.07) is 6.51. The molecule has 0 spiro atoms. The van der Waals surface area contributed by atoms with Crippen molar-refractivity contribution in [2.24, 2.45) is 0 Å². The summed E-state index contributed by atoms with van der Waals surface area (Å²) in [5.41, 5.74) is -0.891. The van der Waals surface area contributed by atoms with Crippen LogP contribution in [0.4, 0.5) is 13.2 Å². The van der Waals surface area contributed by atoms with E-state index in [0.717, 1.165) is 6.07 Å². The first-order valence-corrected chi connectivity index (χ1v) is 7.12. The van der Waals surface area contributed by atoms with Gasteiger partial charge in [0.2, 0.25) is 5.78 Å². The molecule has 0 atom stereocenters. The van der Waals surface area contributed by atoms with Crippen LogP contribution in [0.15, 0.2) is 40.2 Å². The van der Waals surface area contributed by atoms with Crippen LogP contribution in [0.2, 0.25) is 0 Å². The van der Waals surface area contributed by atoms with Crippen molar-refractivity contribution in [2.75, 3.05) is 6.61 Å². The molecule has 7 heteroatoms. The molecule has 0 N–H and O–H groups in total. The maximum absolute atomic E-state index is 12.7. The number of Topliss-reactive ketones (excluding diaryl/α,β-unsaturated/α-hetero) is 1. The van der Waals surface area contributed by atoms with E-state index >= 15 is 0 Å². The third kappa shape index (κ3) is 3.40. The van der Waals surface area contributed by atoms with Gasteiger partial charge in [0.25, 0.3) is 0 Å². The Balaban J connectivity index is 2.12.